The Morgan fingerprint density at radius 3 is 2.77 bits per heavy atom. The molecule has 0 unspecified atom stereocenters. The van der Waals surface area contributed by atoms with Gasteiger partial charge in [0.05, 0.1) is 17.4 Å². The van der Waals surface area contributed by atoms with E-state index in [1.165, 1.54) is 0 Å². The van der Waals surface area contributed by atoms with Crippen molar-refractivity contribution >= 4 is 5.91 Å². The Bertz CT molecular complexity index is 654. The SMILES string of the molecule is Cc1noc(C)c1C(=O)N1CCCCC[C@@H]1c1ccn(C)n1. The summed E-state index contributed by atoms with van der Waals surface area (Å²) in [5.74, 6) is 0.598. The third kappa shape index (κ3) is 2.65. The Labute approximate surface area is 130 Å². The van der Waals surface area contributed by atoms with E-state index in [1.807, 2.05) is 31.1 Å². The third-order valence-corrected chi connectivity index (χ3v) is 4.34. The quantitative estimate of drug-likeness (QED) is 0.855. The minimum atomic E-state index is 0.00815. The van der Waals surface area contributed by atoms with Crippen molar-refractivity contribution < 1.29 is 9.32 Å². The molecule has 3 heterocycles. The largest absolute Gasteiger partial charge is 0.361 e. The van der Waals surface area contributed by atoms with E-state index in [1.54, 1.807) is 11.6 Å². The van der Waals surface area contributed by atoms with Crippen molar-refractivity contribution in [1.82, 2.24) is 19.8 Å². The van der Waals surface area contributed by atoms with E-state index in [0.717, 1.165) is 37.9 Å². The maximum atomic E-state index is 13.0. The highest BCUT2D eigenvalue weighted by Crippen LogP contribution is 2.31. The van der Waals surface area contributed by atoms with Crippen molar-refractivity contribution in [3.05, 3.63) is 35.0 Å². The van der Waals surface area contributed by atoms with Crippen molar-refractivity contribution in [1.29, 1.82) is 0 Å². The molecule has 0 saturated carbocycles. The maximum absolute atomic E-state index is 13.0. The number of hydrogen-bond donors (Lipinski definition) is 0. The average Bonchev–Trinajstić information content (AvgIpc) is 2.96. The second-order valence-corrected chi connectivity index (χ2v) is 5.98. The molecule has 2 aromatic heterocycles. The van der Waals surface area contributed by atoms with Gasteiger partial charge in [-0.05, 0) is 32.8 Å². The van der Waals surface area contributed by atoms with E-state index in [9.17, 15) is 4.79 Å². The second-order valence-electron chi connectivity index (χ2n) is 5.98. The molecule has 118 valence electrons. The lowest BCUT2D eigenvalue weighted by Gasteiger charge is -2.28. The molecular formula is C16H22N4O2. The van der Waals surface area contributed by atoms with E-state index in [4.69, 9.17) is 4.52 Å². The summed E-state index contributed by atoms with van der Waals surface area (Å²) in [6.45, 7) is 4.36. The zero-order valence-corrected chi connectivity index (χ0v) is 13.4. The van der Waals surface area contributed by atoms with Gasteiger partial charge in [0.1, 0.15) is 11.3 Å². The predicted octanol–water partition coefficient (Wildman–Crippen LogP) is 2.78. The first kappa shape index (κ1) is 14.8. The van der Waals surface area contributed by atoms with Crippen LogP contribution in [0.3, 0.4) is 0 Å². The molecule has 1 amide bonds. The van der Waals surface area contributed by atoms with E-state index in [2.05, 4.69) is 10.3 Å². The summed E-state index contributed by atoms with van der Waals surface area (Å²) in [5.41, 5.74) is 2.22. The van der Waals surface area contributed by atoms with Gasteiger partial charge in [0.15, 0.2) is 0 Å². The van der Waals surface area contributed by atoms with Crippen molar-refractivity contribution in [3.63, 3.8) is 0 Å². The number of aryl methyl sites for hydroxylation is 3. The Hall–Kier alpha value is -2.11. The van der Waals surface area contributed by atoms with Crippen LogP contribution in [0.2, 0.25) is 0 Å². The summed E-state index contributed by atoms with van der Waals surface area (Å²) in [7, 11) is 1.90. The van der Waals surface area contributed by atoms with E-state index < -0.39 is 0 Å². The number of amides is 1. The number of carbonyl (C=O) groups excluding carboxylic acids is 1. The minimum absolute atomic E-state index is 0.00815. The first-order valence-corrected chi connectivity index (χ1v) is 7.81. The summed E-state index contributed by atoms with van der Waals surface area (Å²) < 4.78 is 6.96. The molecule has 6 nitrogen and oxygen atoms in total. The number of carbonyl (C=O) groups is 1. The van der Waals surface area contributed by atoms with E-state index in [0.29, 0.717) is 17.0 Å². The van der Waals surface area contributed by atoms with Gasteiger partial charge in [0, 0.05) is 19.8 Å². The van der Waals surface area contributed by atoms with Gasteiger partial charge >= 0.3 is 0 Å². The Morgan fingerprint density at radius 1 is 1.32 bits per heavy atom. The van der Waals surface area contributed by atoms with Crippen LogP contribution in [0.1, 0.15) is 59.2 Å². The van der Waals surface area contributed by atoms with E-state index in [-0.39, 0.29) is 11.9 Å². The van der Waals surface area contributed by atoms with Crippen LogP contribution in [0.4, 0.5) is 0 Å². The van der Waals surface area contributed by atoms with Crippen LogP contribution >= 0.6 is 0 Å². The van der Waals surface area contributed by atoms with Gasteiger partial charge in [-0.25, -0.2) is 0 Å². The fourth-order valence-corrected chi connectivity index (χ4v) is 3.20. The van der Waals surface area contributed by atoms with Crippen LogP contribution in [-0.4, -0.2) is 32.3 Å². The van der Waals surface area contributed by atoms with E-state index >= 15 is 0 Å². The van der Waals surface area contributed by atoms with Gasteiger partial charge < -0.3 is 9.42 Å². The third-order valence-electron chi connectivity index (χ3n) is 4.34. The second kappa shape index (κ2) is 5.94. The van der Waals surface area contributed by atoms with Crippen molar-refractivity contribution in [3.8, 4) is 0 Å². The molecule has 0 spiro atoms. The maximum Gasteiger partial charge on any atom is 0.259 e. The molecule has 1 aliphatic rings. The molecule has 1 fully saturated rings. The molecule has 6 heteroatoms. The van der Waals surface area contributed by atoms with Crippen LogP contribution in [0.15, 0.2) is 16.8 Å². The lowest BCUT2D eigenvalue weighted by atomic mass is 10.1. The average molecular weight is 302 g/mol. The highest BCUT2D eigenvalue weighted by molar-refractivity contribution is 5.96. The standard InChI is InChI=1S/C16H22N4O2/c1-11-15(12(2)22-18-11)16(21)20-9-6-4-5-7-14(20)13-8-10-19(3)17-13/h8,10,14H,4-7,9H2,1-3H3/t14-/m1/s1. The molecular weight excluding hydrogens is 280 g/mol. The molecule has 1 atom stereocenters. The van der Waals surface area contributed by atoms with Crippen molar-refractivity contribution in [2.75, 3.05) is 6.54 Å². The van der Waals surface area contributed by atoms with Crippen LogP contribution in [0.5, 0.6) is 0 Å². The van der Waals surface area contributed by atoms with Crippen molar-refractivity contribution in [2.24, 2.45) is 7.05 Å². The normalized spacial score (nSPS) is 19.2. The lowest BCUT2D eigenvalue weighted by molar-refractivity contribution is 0.0674. The van der Waals surface area contributed by atoms with Gasteiger partial charge in [-0.3, -0.25) is 9.48 Å². The zero-order valence-electron chi connectivity index (χ0n) is 13.4. The number of rotatable bonds is 2. The van der Waals surface area contributed by atoms with Gasteiger partial charge in [-0.2, -0.15) is 5.10 Å². The highest BCUT2D eigenvalue weighted by atomic mass is 16.5. The summed E-state index contributed by atoms with van der Waals surface area (Å²) in [6, 6.07) is 2.04. The topological polar surface area (TPSA) is 64.2 Å². The fourth-order valence-electron chi connectivity index (χ4n) is 3.20. The first-order chi connectivity index (χ1) is 10.6. The zero-order chi connectivity index (χ0) is 15.7. The lowest BCUT2D eigenvalue weighted by Crippen LogP contribution is -2.35. The smallest absolute Gasteiger partial charge is 0.259 e. The number of aromatic nitrogens is 3. The minimum Gasteiger partial charge on any atom is -0.361 e. The van der Waals surface area contributed by atoms with Gasteiger partial charge in [-0.1, -0.05) is 18.0 Å². The molecule has 0 aliphatic carbocycles. The first-order valence-electron chi connectivity index (χ1n) is 7.81. The molecule has 2 aromatic rings. The number of likely N-dealkylation sites (tertiary alicyclic amines) is 1. The van der Waals surface area contributed by atoms with Crippen LogP contribution in [0, 0.1) is 13.8 Å². The van der Waals surface area contributed by atoms with Crippen molar-refractivity contribution in [2.45, 2.75) is 45.6 Å². The Morgan fingerprint density at radius 2 is 2.14 bits per heavy atom. The number of hydrogen-bond acceptors (Lipinski definition) is 4. The summed E-state index contributed by atoms with van der Waals surface area (Å²) in [5, 5.41) is 8.43. The highest BCUT2D eigenvalue weighted by Gasteiger charge is 2.31. The summed E-state index contributed by atoms with van der Waals surface area (Å²) in [6.07, 6.45) is 6.17. The molecule has 1 saturated heterocycles. The molecule has 0 radical (unpaired) electrons. The monoisotopic (exact) mass is 302 g/mol. The molecule has 0 bridgehead atoms. The summed E-state index contributed by atoms with van der Waals surface area (Å²) in [4.78, 5) is 15.0. The van der Waals surface area contributed by atoms with Gasteiger partial charge in [0.25, 0.3) is 5.91 Å². The molecule has 3 rings (SSSR count). The Kier molecular flexibility index (Phi) is 4.00. The molecule has 0 aromatic carbocycles. The predicted molar refractivity (Wildman–Crippen MR) is 81.4 cm³/mol. The molecule has 1 aliphatic heterocycles. The van der Waals surface area contributed by atoms with Crippen LogP contribution in [-0.2, 0) is 7.05 Å². The van der Waals surface area contributed by atoms with Crippen LogP contribution < -0.4 is 0 Å². The molecule has 0 N–H and O–H groups in total. The fraction of sp³-hybridized carbons (Fsp3) is 0.562. The molecule has 22 heavy (non-hydrogen) atoms. The van der Waals surface area contributed by atoms with Crippen LogP contribution in [0.25, 0.3) is 0 Å². The van der Waals surface area contributed by atoms with Gasteiger partial charge in [0.2, 0.25) is 0 Å². The van der Waals surface area contributed by atoms with Gasteiger partial charge in [-0.15, -0.1) is 0 Å². The Balaban J connectivity index is 1.95. The summed E-state index contributed by atoms with van der Waals surface area (Å²) >= 11 is 0. The number of nitrogens with zero attached hydrogens (tertiary/aromatic N) is 4.